The van der Waals surface area contributed by atoms with E-state index in [9.17, 15) is 14.4 Å². The maximum absolute atomic E-state index is 11.2. The van der Waals surface area contributed by atoms with Crippen molar-refractivity contribution < 1.29 is 14.4 Å². The molecule has 0 aliphatic rings. The highest BCUT2D eigenvalue weighted by Crippen LogP contribution is 2.00. The van der Waals surface area contributed by atoms with Crippen LogP contribution in [0.1, 0.15) is 39.0 Å². The second kappa shape index (κ2) is 8.70. The number of hydrazine groups is 1. The summed E-state index contributed by atoms with van der Waals surface area (Å²) < 4.78 is 0. The van der Waals surface area contributed by atoms with Gasteiger partial charge in [0, 0.05) is 26.3 Å². The van der Waals surface area contributed by atoms with Crippen molar-refractivity contribution >= 4 is 17.7 Å². The molecule has 0 unspecified atom stereocenters. The number of hydrogen-bond donors (Lipinski definition) is 3. The Hall–Kier alpha value is -1.59. The zero-order valence-corrected chi connectivity index (χ0v) is 9.76. The molecule has 0 aromatic carbocycles. The van der Waals surface area contributed by atoms with Crippen molar-refractivity contribution in [2.45, 2.75) is 39.0 Å². The number of carbonyl (C=O) groups is 3. The SMILES string of the molecule is CCCCC(=O)CCC(=O)NNC(=O)NC. The monoisotopic (exact) mass is 229 g/mol. The summed E-state index contributed by atoms with van der Waals surface area (Å²) in [5, 5.41) is 2.28. The summed E-state index contributed by atoms with van der Waals surface area (Å²) in [7, 11) is 1.44. The molecule has 0 aliphatic carbocycles. The third-order valence-corrected chi connectivity index (χ3v) is 1.98. The van der Waals surface area contributed by atoms with E-state index in [1.807, 2.05) is 6.92 Å². The van der Waals surface area contributed by atoms with Gasteiger partial charge in [-0.2, -0.15) is 0 Å². The molecule has 92 valence electrons. The average molecular weight is 229 g/mol. The van der Waals surface area contributed by atoms with E-state index < -0.39 is 6.03 Å². The third-order valence-electron chi connectivity index (χ3n) is 1.98. The van der Waals surface area contributed by atoms with Crippen molar-refractivity contribution in [2.24, 2.45) is 0 Å². The Balaban J connectivity index is 3.57. The van der Waals surface area contributed by atoms with Gasteiger partial charge in [0.05, 0.1) is 0 Å². The number of rotatable bonds is 6. The Morgan fingerprint density at radius 3 is 2.25 bits per heavy atom. The maximum atomic E-state index is 11.2. The van der Waals surface area contributed by atoms with E-state index >= 15 is 0 Å². The van der Waals surface area contributed by atoms with Crippen molar-refractivity contribution in [1.29, 1.82) is 0 Å². The molecule has 0 atom stereocenters. The number of carbonyl (C=O) groups excluding carboxylic acids is 3. The molecule has 0 spiro atoms. The maximum Gasteiger partial charge on any atom is 0.333 e. The highest BCUT2D eigenvalue weighted by atomic mass is 16.2. The summed E-state index contributed by atoms with van der Waals surface area (Å²) >= 11 is 0. The predicted molar refractivity (Wildman–Crippen MR) is 59.5 cm³/mol. The fourth-order valence-corrected chi connectivity index (χ4v) is 1.00. The number of ketones is 1. The fourth-order valence-electron chi connectivity index (χ4n) is 1.00. The Morgan fingerprint density at radius 2 is 1.69 bits per heavy atom. The molecule has 0 aliphatic heterocycles. The van der Waals surface area contributed by atoms with E-state index in [0.29, 0.717) is 6.42 Å². The summed E-state index contributed by atoms with van der Waals surface area (Å²) in [5.74, 6) is -0.287. The van der Waals surface area contributed by atoms with Crippen LogP contribution in [0.3, 0.4) is 0 Å². The zero-order chi connectivity index (χ0) is 12.4. The molecule has 3 amide bonds. The number of Topliss-reactive ketones (excluding diaryl/α,β-unsaturated/α-hetero) is 1. The standard InChI is InChI=1S/C10H19N3O3/c1-3-4-5-8(14)6-7-9(15)12-13-10(16)11-2/h3-7H2,1-2H3,(H,12,15)(H2,11,13,16). The second-order valence-corrected chi connectivity index (χ2v) is 3.39. The largest absolute Gasteiger partial charge is 0.340 e. The first-order valence-electron chi connectivity index (χ1n) is 5.38. The Labute approximate surface area is 95.1 Å². The molecule has 0 fully saturated rings. The first kappa shape index (κ1) is 14.4. The van der Waals surface area contributed by atoms with Gasteiger partial charge in [-0.1, -0.05) is 13.3 Å². The van der Waals surface area contributed by atoms with Crippen molar-refractivity contribution in [3.05, 3.63) is 0 Å². The lowest BCUT2D eigenvalue weighted by Gasteiger charge is -2.05. The predicted octanol–water partition coefficient (Wildman–Crippen LogP) is 0.486. The molecule has 6 nitrogen and oxygen atoms in total. The molecule has 0 bridgehead atoms. The van der Waals surface area contributed by atoms with Gasteiger partial charge in [-0.25, -0.2) is 10.2 Å². The summed E-state index contributed by atoms with van der Waals surface area (Å²) in [6.07, 6.45) is 2.67. The van der Waals surface area contributed by atoms with Crippen LogP contribution in [0.15, 0.2) is 0 Å². The molecule has 0 saturated heterocycles. The van der Waals surface area contributed by atoms with Gasteiger partial charge in [0.1, 0.15) is 5.78 Å². The van der Waals surface area contributed by atoms with Crippen LogP contribution in [0.5, 0.6) is 0 Å². The van der Waals surface area contributed by atoms with Crippen LogP contribution < -0.4 is 16.2 Å². The van der Waals surface area contributed by atoms with Crippen molar-refractivity contribution in [2.75, 3.05) is 7.05 Å². The molecule has 6 heteroatoms. The first-order chi connectivity index (χ1) is 7.60. The van der Waals surface area contributed by atoms with Gasteiger partial charge in [0.2, 0.25) is 5.91 Å². The van der Waals surface area contributed by atoms with Gasteiger partial charge in [0.15, 0.2) is 0 Å². The van der Waals surface area contributed by atoms with E-state index in [1.54, 1.807) is 0 Å². The number of unbranched alkanes of at least 4 members (excludes halogenated alkanes) is 1. The van der Waals surface area contributed by atoms with Crippen LogP contribution in [0.4, 0.5) is 4.79 Å². The zero-order valence-electron chi connectivity index (χ0n) is 9.76. The molecule has 0 aromatic heterocycles. The van der Waals surface area contributed by atoms with E-state index in [1.165, 1.54) is 7.05 Å². The lowest BCUT2D eigenvalue weighted by atomic mass is 10.1. The van der Waals surface area contributed by atoms with Gasteiger partial charge in [0.25, 0.3) is 0 Å². The van der Waals surface area contributed by atoms with Crippen LogP contribution >= 0.6 is 0 Å². The normalized spacial score (nSPS) is 9.38. The first-order valence-corrected chi connectivity index (χ1v) is 5.38. The minimum atomic E-state index is -0.495. The van der Waals surface area contributed by atoms with Gasteiger partial charge in [-0.15, -0.1) is 0 Å². The number of urea groups is 1. The van der Waals surface area contributed by atoms with E-state index in [2.05, 4.69) is 16.2 Å². The van der Waals surface area contributed by atoms with Gasteiger partial charge >= 0.3 is 6.03 Å². The quantitative estimate of drug-likeness (QED) is 0.579. The summed E-state index contributed by atoms with van der Waals surface area (Å²) in [6.45, 7) is 2.01. The third kappa shape index (κ3) is 7.78. The Bertz CT molecular complexity index is 254. The smallest absolute Gasteiger partial charge is 0.333 e. The summed E-state index contributed by atoms with van der Waals surface area (Å²) in [5.41, 5.74) is 4.33. The molecule has 3 N–H and O–H groups in total. The van der Waals surface area contributed by atoms with Gasteiger partial charge in [-0.05, 0) is 6.42 Å². The van der Waals surface area contributed by atoms with E-state index in [4.69, 9.17) is 0 Å². The number of nitrogens with one attached hydrogen (secondary N) is 3. The fraction of sp³-hybridized carbons (Fsp3) is 0.700. The highest BCUT2D eigenvalue weighted by molar-refractivity contribution is 5.86. The van der Waals surface area contributed by atoms with Crippen LogP contribution in [-0.4, -0.2) is 24.8 Å². The molecule has 0 aromatic rings. The van der Waals surface area contributed by atoms with Crippen molar-refractivity contribution in [1.82, 2.24) is 16.2 Å². The van der Waals surface area contributed by atoms with Crippen LogP contribution in [0.25, 0.3) is 0 Å². The molecule has 0 heterocycles. The van der Waals surface area contributed by atoms with Crippen LogP contribution in [-0.2, 0) is 9.59 Å². The lowest BCUT2D eigenvalue weighted by Crippen LogP contribution is -2.45. The molecule has 0 rings (SSSR count). The minimum Gasteiger partial charge on any atom is -0.340 e. The molecular weight excluding hydrogens is 210 g/mol. The molecule has 16 heavy (non-hydrogen) atoms. The molecule has 0 saturated carbocycles. The minimum absolute atomic E-state index is 0.0805. The summed E-state index contributed by atoms with van der Waals surface area (Å²) in [6, 6.07) is -0.495. The summed E-state index contributed by atoms with van der Waals surface area (Å²) in [4.78, 5) is 33.0. The van der Waals surface area contributed by atoms with Crippen LogP contribution in [0.2, 0.25) is 0 Å². The topological polar surface area (TPSA) is 87.3 Å². The average Bonchev–Trinajstić information content (AvgIpc) is 2.30. The number of hydrogen-bond acceptors (Lipinski definition) is 3. The van der Waals surface area contributed by atoms with Crippen LogP contribution in [0, 0.1) is 0 Å². The molecule has 0 radical (unpaired) electrons. The van der Waals surface area contributed by atoms with E-state index in [-0.39, 0.29) is 24.5 Å². The van der Waals surface area contributed by atoms with Gasteiger partial charge < -0.3 is 5.32 Å². The molecular formula is C10H19N3O3. The number of amides is 3. The highest BCUT2D eigenvalue weighted by Gasteiger charge is 2.06. The van der Waals surface area contributed by atoms with E-state index in [0.717, 1.165) is 12.8 Å². The van der Waals surface area contributed by atoms with Crippen molar-refractivity contribution in [3.63, 3.8) is 0 Å². The van der Waals surface area contributed by atoms with Gasteiger partial charge in [-0.3, -0.25) is 15.0 Å². The Kier molecular flexibility index (Phi) is 7.83. The Morgan fingerprint density at radius 1 is 1.00 bits per heavy atom. The second-order valence-electron chi connectivity index (χ2n) is 3.39. The van der Waals surface area contributed by atoms with Crippen molar-refractivity contribution in [3.8, 4) is 0 Å². The lowest BCUT2D eigenvalue weighted by molar-refractivity contribution is -0.125.